The average molecular weight is 290 g/mol. The van der Waals surface area contributed by atoms with E-state index in [1.54, 1.807) is 6.07 Å². The van der Waals surface area contributed by atoms with Gasteiger partial charge in [0.2, 0.25) is 0 Å². The Balaban J connectivity index is 2.18. The normalized spacial score (nSPS) is 10.5. The smallest absolute Gasteiger partial charge is 0.269 e. The minimum atomic E-state index is -0.430. The van der Waals surface area contributed by atoms with Crippen LogP contribution in [0.25, 0.3) is 0 Å². The summed E-state index contributed by atoms with van der Waals surface area (Å²) < 4.78 is 0. The number of hydrogen-bond acceptors (Lipinski definition) is 6. The summed E-state index contributed by atoms with van der Waals surface area (Å²) in [7, 11) is 0. The summed E-state index contributed by atoms with van der Waals surface area (Å²) >= 11 is 1.41. The van der Waals surface area contributed by atoms with Crippen LogP contribution in [0.2, 0.25) is 0 Å². The first kappa shape index (κ1) is 14.3. The highest BCUT2D eigenvalue weighted by Gasteiger charge is 2.10. The van der Waals surface area contributed by atoms with Crippen LogP contribution < -0.4 is 5.73 Å². The molecular weight excluding hydrogens is 276 g/mol. The number of nitrogens with two attached hydrogens (primary N) is 1. The van der Waals surface area contributed by atoms with Crippen molar-refractivity contribution in [2.24, 2.45) is 0 Å². The monoisotopic (exact) mass is 290 g/mol. The molecule has 0 amide bonds. The Labute approximate surface area is 120 Å². The van der Waals surface area contributed by atoms with Crippen LogP contribution in [-0.2, 0) is 5.75 Å². The minimum absolute atomic E-state index is 0.0381. The Morgan fingerprint density at radius 3 is 2.50 bits per heavy atom. The zero-order valence-electron chi connectivity index (χ0n) is 11.2. The fourth-order valence-corrected chi connectivity index (χ4v) is 2.68. The van der Waals surface area contributed by atoms with Gasteiger partial charge in [-0.2, -0.15) is 0 Å². The molecule has 0 radical (unpaired) electrons. The van der Waals surface area contributed by atoms with E-state index in [9.17, 15) is 10.1 Å². The molecule has 20 heavy (non-hydrogen) atoms. The molecule has 2 aromatic rings. The Morgan fingerprint density at radius 1 is 1.25 bits per heavy atom. The highest BCUT2D eigenvalue weighted by molar-refractivity contribution is 7.98. The Kier molecular flexibility index (Phi) is 4.19. The van der Waals surface area contributed by atoms with E-state index in [4.69, 9.17) is 5.73 Å². The molecule has 7 heteroatoms. The summed E-state index contributed by atoms with van der Waals surface area (Å²) in [5, 5.41) is 11.4. The number of aryl methyl sites for hydroxylation is 2. The van der Waals surface area contributed by atoms with Gasteiger partial charge in [0.25, 0.3) is 5.69 Å². The molecule has 0 saturated carbocycles. The third-order valence-corrected chi connectivity index (χ3v) is 3.55. The van der Waals surface area contributed by atoms with Crippen molar-refractivity contribution in [3.8, 4) is 0 Å². The van der Waals surface area contributed by atoms with Crippen LogP contribution in [0.15, 0.2) is 29.4 Å². The fourth-order valence-electron chi connectivity index (χ4n) is 1.73. The van der Waals surface area contributed by atoms with E-state index in [1.807, 2.05) is 19.9 Å². The van der Waals surface area contributed by atoms with Gasteiger partial charge in [0.05, 0.1) is 4.92 Å². The van der Waals surface area contributed by atoms with Gasteiger partial charge in [0, 0.05) is 35.0 Å². The van der Waals surface area contributed by atoms with E-state index in [2.05, 4.69) is 9.97 Å². The lowest BCUT2D eigenvalue weighted by Gasteiger charge is -2.06. The second kappa shape index (κ2) is 5.87. The summed E-state index contributed by atoms with van der Waals surface area (Å²) in [6, 6.07) is 6.34. The lowest BCUT2D eigenvalue weighted by molar-refractivity contribution is -0.384. The van der Waals surface area contributed by atoms with Gasteiger partial charge in [0.15, 0.2) is 5.16 Å². The summed E-state index contributed by atoms with van der Waals surface area (Å²) in [5.41, 5.74) is 8.92. The molecule has 1 heterocycles. The molecule has 0 spiro atoms. The second-order valence-electron chi connectivity index (χ2n) is 4.36. The maximum absolute atomic E-state index is 10.8. The van der Waals surface area contributed by atoms with Crippen molar-refractivity contribution < 1.29 is 4.92 Å². The number of thioether (sulfide) groups is 1. The van der Waals surface area contributed by atoms with Crippen LogP contribution in [0, 0.1) is 24.0 Å². The molecule has 0 aliphatic carbocycles. The molecule has 1 aromatic heterocycles. The first-order valence-electron chi connectivity index (χ1n) is 5.93. The van der Waals surface area contributed by atoms with Crippen LogP contribution in [0.5, 0.6) is 0 Å². The summed E-state index contributed by atoms with van der Waals surface area (Å²) in [6.45, 7) is 3.81. The largest absolute Gasteiger partial charge is 0.398 e. The lowest BCUT2D eigenvalue weighted by Crippen LogP contribution is -1.97. The number of anilines is 1. The zero-order valence-corrected chi connectivity index (χ0v) is 12.0. The molecular formula is C13H14N4O2S. The predicted molar refractivity (Wildman–Crippen MR) is 78.6 cm³/mol. The summed E-state index contributed by atoms with van der Waals surface area (Å²) in [5.74, 6) is 0.496. The zero-order chi connectivity index (χ0) is 14.7. The van der Waals surface area contributed by atoms with Crippen LogP contribution in [-0.4, -0.2) is 14.9 Å². The van der Waals surface area contributed by atoms with Crippen LogP contribution in [0.4, 0.5) is 11.4 Å². The Hall–Kier alpha value is -2.15. The fraction of sp³-hybridized carbons (Fsp3) is 0.231. The third kappa shape index (κ3) is 3.45. The Bertz CT molecular complexity index is 641. The SMILES string of the molecule is Cc1cc(C)nc(SCc2cc([N+](=O)[O-])ccc2N)n1. The van der Waals surface area contributed by atoms with Crippen molar-refractivity contribution in [1.82, 2.24) is 9.97 Å². The first-order valence-corrected chi connectivity index (χ1v) is 6.92. The average Bonchev–Trinajstić information content (AvgIpc) is 2.36. The van der Waals surface area contributed by atoms with Crippen molar-refractivity contribution in [1.29, 1.82) is 0 Å². The van der Waals surface area contributed by atoms with Crippen molar-refractivity contribution in [2.75, 3.05) is 5.73 Å². The van der Waals surface area contributed by atoms with Gasteiger partial charge in [-0.1, -0.05) is 11.8 Å². The maximum Gasteiger partial charge on any atom is 0.269 e. The summed E-state index contributed by atoms with van der Waals surface area (Å²) in [4.78, 5) is 19.0. The first-order chi connectivity index (χ1) is 9.45. The molecule has 0 atom stereocenters. The van der Waals surface area contributed by atoms with Gasteiger partial charge in [-0.15, -0.1) is 0 Å². The number of non-ortho nitro benzene ring substituents is 1. The molecule has 2 N–H and O–H groups in total. The quantitative estimate of drug-likeness (QED) is 0.306. The molecule has 1 aromatic carbocycles. The number of nitrogen functional groups attached to an aromatic ring is 1. The van der Waals surface area contributed by atoms with E-state index >= 15 is 0 Å². The number of nitro groups is 1. The van der Waals surface area contributed by atoms with Crippen molar-refractivity contribution in [2.45, 2.75) is 24.8 Å². The van der Waals surface area contributed by atoms with Crippen LogP contribution in [0.3, 0.4) is 0 Å². The lowest BCUT2D eigenvalue weighted by atomic mass is 10.2. The number of nitrogens with zero attached hydrogens (tertiary/aromatic N) is 3. The third-order valence-electron chi connectivity index (χ3n) is 2.66. The van der Waals surface area contributed by atoms with Gasteiger partial charge in [-0.3, -0.25) is 10.1 Å². The van der Waals surface area contributed by atoms with Gasteiger partial charge in [0.1, 0.15) is 0 Å². The maximum atomic E-state index is 10.8. The van der Waals surface area contributed by atoms with Crippen LogP contribution >= 0.6 is 11.8 Å². The number of hydrogen-bond donors (Lipinski definition) is 1. The number of nitro benzene ring substituents is 1. The highest BCUT2D eigenvalue weighted by atomic mass is 32.2. The molecule has 0 unspecified atom stereocenters. The van der Waals surface area contributed by atoms with Crippen molar-refractivity contribution in [3.05, 3.63) is 51.3 Å². The highest BCUT2D eigenvalue weighted by Crippen LogP contribution is 2.26. The van der Waals surface area contributed by atoms with Crippen molar-refractivity contribution >= 4 is 23.1 Å². The molecule has 0 saturated heterocycles. The van der Waals surface area contributed by atoms with Gasteiger partial charge in [-0.25, -0.2) is 9.97 Å². The van der Waals surface area contributed by atoms with E-state index in [0.717, 1.165) is 11.4 Å². The topological polar surface area (TPSA) is 94.9 Å². The molecule has 104 valence electrons. The molecule has 0 bridgehead atoms. The Morgan fingerprint density at radius 2 is 1.90 bits per heavy atom. The second-order valence-corrected chi connectivity index (χ2v) is 5.30. The molecule has 6 nitrogen and oxygen atoms in total. The minimum Gasteiger partial charge on any atom is -0.398 e. The molecule has 0 aliphatic rings. The summed E-state index contributed by atoms with van der Waals surface area (Å²) in [6.07, 6.45) is 0. The van der Waals surface area contributed by atoms with Gasteiger partial charge >= 0.3 is 0 Å². The molecule has 2 rings (SSSR count). The molecule has 0 fully saturated rings. The van der Waals surface area contributed by atoms with Crippen LogP contribution in [0.1, 0.15) is 17.0 Å². The van der Waals surface area contributed by atoms with E-state index < -0.39 is 4.92 Å². The molecule has 0 aliphatic heterocycles. The number of benzene rings is 1. The predicted octanol–water partition coefficient (Wildman–Crippen LogP) is 2.88. The van der Waals surface area contributed by atoms with Gasteiger partial charge < -0.3 is 5.73 Å². The number of rotatable bonds is 4. The standard InChI is InChI=1S/C13H14N4O2S/c1-8-5-9(2)16-13(15-8)20-7-10-6-11(17(18)19)3-4-12(10)14/h3-6H,7,14H2,1-2H3. The van der Waals surface area contributed by atoms with Crippen molar-refractivity contribution in [3.63, 3.8) is 0 Å². The van der Waals surface area contributed by atoms with E-state index in [1.165, 1.54) is 23.9 Å². The van der Waals surface area contributed by atoms with E-state index in [-0.39, 0.29) is 5.69 Å². The van der Waals surface area contributed by atoms with Gasteiger partial charge in [-0.05, 0) is 31.5 Å². The number of aromatic nitrogens is 2. The van der Waals surface area contributed by atoms with E-state index in [0.29, 0.717) is 22.2 Å².